The van der Waals surface area contributed by atoms with Gasteiger partial charge in [0.1, 0.15) is 165 Å². The van der Waals surface area contributed by atoms with Crippen LogP contribution in [0.2, 0.25) is 0 Å². The molecule has 0 unspecified atom stereocenters. The molecule has 0 aromatic carbocycles. The minimum Gasteiger partial charge on any atom is -0.481 e. The predicted octanol–water partition coefficient (Wildman–Crippen LogP) is -15.2. The Morgan fingerprint density at radius 3 is 0.655 bits per heavy atom. The van der Waals surface area contributed by atoms with E-state index in [2.05, 4.69) is 5.32 Å². The van der Waals surface area contributed by atoms with Gasteiger partial charge in [0.2, 0.25) is 5.91 Å². The van der Waals surface area contributed by atoms with Crippen LogP contribution >= 0.6 is 0 Å². The first-order chi connectivity index (χ1) is 39.9. The zero-order valence-electron chi connectivity index (χ0n) is 44.0. The molecular formula is C46H75NO37. The summed E-state index contributed by atoms with van der Waals surface area (Å²) in [7, 11) is 0. The summed E-state index contributed by atoms with van der Waals surface area (Å²) >= 11 is 0. The number of ether oxygens (including phenoxy) is 14. The molecule has 0 aliphatic carbocycles. The molecule has 486 valence electrons. The van der Waals surface area contributed by atoms with Gasteiger partial charge >= 0.3 is 5.97 Å². The van der Waals surface area contributed by atoms with Gasteiger partial charge in [0.25, 0.3) is 0 Å². The quantitative estimate of drug-likeness (QED) is 0.0913. The molecule has 21 saturated heterocycles. The Labute approximate surface area is 473 Å². The van der Waals surface area contributed by atoms with E-state index < -0.39 is 286 Å². The predicted molar refractivity (Wildman–Crippen MR) is 251 cm³/mol. The molecule has 1 amide bonds. The van der Waals surface area contributed by atoms with E-state index in [1.165, 1.54) is 0 Å². The first-order valence-corrected chi connectivity index (χ1v) is 26.7. The van der Waals surface area contributed by atoms with Crippen molar-refractivity contribution in [1.29, 1.82) is 0 Å². The van der Waals surface area contributed by atoms with Crippen molar-refractivity contribution in [3.8, 4) is 0 Å². The number of aliphatic hydroxyl groups is 20. The van der Waals surface area contributed by atoms with Gasteiger partial charge in [0.15, 0.2) is 44.0 Å². The van der Waals surface area contributed by atoms with Crippen LogP contribution in [0, 0.1) is 0 Å². The zero-order valence-corrected chi connectivity index (χ0v) is 44.0. The SMILES string of the molecule is O=C(O)CCC(=O)N[C@@H]1[C@@H](O)[C@H]2O[C@H]3[C@H](O)[C@@H](O)[C@@H](O[C@H]4[C@H](O)[C@@H](O)[C@@H](O[C@H]5[C@H](O)[C@@H](O)[C@@H](O[C@H]6[C@H](O)[C@@H](O)[C@@H](O[C@H]7[C@H](O)[C@@H](O)[C@@H](O[C@H]8[C@H](O)[C@@H](O)[C@@H](O[C@@H]1[C@@H](CO)O2)O[C@@H]8CO)O[C@@H]7CO)O[C@@H]6CO)O[C@@H]5CO)O[C@@H]4CO)O[C@@H]3CO. The first kappa shape index (κ1) is 67.5. The highest BCUT2D eigenvalue weighted by Crippen LogP contribution is 2.39. The summed E-state index contributed by atoms with van der Waals surface area (Å²) in [6.07, 6.45) is -71.4. The van der Waals surface area contributed by atoms with Crippen LogP contribution in [0.3, 0.4) is 0 Å². The number of carbonyl (C=O) groups excluding carboxylic acids is 1. The monoisotopic (exact) mass is 1230 g/mol. The molecule has 22 N–H and O–H groups in total. The minimum absolute atomic E-state index is 0.743. The number of aliphatic hydroxyl groups excluding tert-OH is 20. The lowest BCUT2D eigenvalue weighted by Gasteiger charge is -2.50. The summed E-state index contributed by atoms with van der Waals surface area (Å²) in [5.74, 6) is -2.52. The molecule has 0 spiro atoms. The molecule has 0 aromatic rings. The third kappa shape index (κ3) is 13.8. The second-order valence-electron chi connectivity index (χ2n) is 21.1. The number of hydrogen-bond acceptors (Lipinski definition) is 36. The molecule has 21 heterocycles. The van der Waals surface area contributed by atoms with Gasteiger partial charge in [0.05, 0.1) is 58.7 Å². The van der Waals surface area contributed by atoms with Crippen molar-refractivity contribution in [2.75, 3.05) is 46.2 Å². The molecule has 84 heavy (non-hydrogen) atoms. The van der Waals surface area contributed by atoms with Crippen LogP contribution < -0.4 is 5.32 Å². The summed E-state index contributed by atoms with van der Waals surface area (Å²) in [6, 6.07) is -1.92. The van der Waals surface area contributed by atoms with Crippen molar-refractivity contribution in [2.45, 2.75) is 228 Å². The molecular weight excluding hydrogens is 1160 g/mol. The van der Waals surface area contributed by atoms with E-state index in [1.54, 1.807) is 0 Å². The zero-order chi connectivity index (χ0) is 61.3. The Morgan fingerprint density at radius 2 is 0.452 bits per heavy atom. The van der Waals surface area contributed by atoms with Gasteiger partial charge in [-0.05, 0) is 0 Å². The number of carbonyl (C=O) groups is 2. The number of carboxylic acid groups (broad SMARTS) is 1. The Bertz CT molecular complexity index is 2080. The second kappa shape index (κ2) is 29.0. The van der Waals surface area contributed by atoms with E-state index in [0.29, 0.717) is 0 Å². The number of aliphatic carboxylic acids is 1. The largest absolute Gasteiger partial charge is 0.481 e. The van der Waals surface area contributed by atoms with Crippen LogP contribution in [0.4, 0.5) is 0 Å². The Hall–Kier alpha value is -2.42. The minimum atomic E-state index is -2.30. The highest BCUT2D eigenvalue weighted by Gasteiger charge is 2.60. The maximum absolute atomic E-state index is 13.2. The van der Waals surface area contributed by atoms with Crippen molar-refractivity contribution in [2.24, 2.45) is 0 Å². The van der Waals surface area contributed by atoms with Crippen LogP contribution in [0.15, 0.2) is 0 Å². The molecule has 21 aliphatic rings. The summed E-state index contributed by atoms with van der Waals surface area (Å²) in [5, 5.41) is 233. The number of amides is 1. The van der Waals surface area contributed by atoms with E-state index >= 15 is 0 Å². The van der Waals surface area contributed by atoms with Crippen LogP contribution in [0.25, 0.3) is 0 Å². The van der Waals surface area contributed by atoms with Gasteiger partial charge in [-0.25, -0.2) is 0 Å². The van der Waals surface area contributed by atoms with Crippen molar-refractivity contribution in [3.63, 3.8) is 0 Å². The maximum Gasteiger partial charge on any atom is 0.303 e. The Morgan fingerprint density at radius 1 is 0.262 bits per heavy atom. The van der Waals surface area contributed by atoms with Gasteiger partial charge in [-0.3, -0.25) is 9.59 Å². The van der Waals surface area contributed by atoms with Crippen LogP contribution in [-0.4, -0.2) is 380 Å². The van der Waals surface area contributed by atoms with Gasteiger partial charge < -0.3 is 179 Å². The summed E-state index contributed by atoms with van der Waals surface area (Å²) in [6.45, 7) is -7.65. The van der Waals surface area contributed by atoms with E-state index in [0.717, 1.165) is 0 Å². The van der Waals surface area contributed by atoms with Crippen molar-refractivity contribution in [3.05, 3.63) is 0 Å². The fourth-order valence-electron chi connectivity index (χ4n) is 11.1. The average Bonchev–Trinajstić information content (AvgIpc) is 2.69. The Balaban J connectivity index is 1.11. The molecule has 38 nitrogen and oxygen atoms in total. The molecule has 0 radical (unpaired) electrons. The second-order valence-corrected chi connectivity index (χ2v) is 21.1. The van der Waals surface area contributed by atoms with Gasteiger partial charge in [0, 0.05) is 6.42 Å². The molecule has 38 heteroatoms. The van der Waals surface area contributed by atoms with Crippen LogP contribution in [-0.2, 0) is 75.9 Å². The van der Waals surface area contributed by atoms with Crippen molar-refractivity contribution in [1.82, 2.24) is 5.32 Å². The van der Waals surface area contributed by atoms with Gasteiger partial charge in [-0.15, -0.1) is 0 Å². The highest BCUT2D eigenvalue weighted by molar-refractivity contribution is 5.80. The lowest BCUT2D eigenvalue weighted by atomic mass is 9.93. The number of rotatable bonds is 11. The van der Waals surface area contributed by atoms with E-state index in [4.69, 9.17) is 66.3 Å². The molecule has 21 rings (SSSR count). The summed E-state index contributed by atoms with van der Waals surface area (Å²) in [5.41, 5.74) is 0. The molecule has 14 bridgehead atoms. The van der Waals surface area contributed by atoms with E-state index in [9.17, 15) is 117 Å². The molecule has 0 aromatic heterocycles. The number of hydrogen-bond donors (Lipinski definition) is 22. The van der Waals surface area contributed by atoms with E-state index in [1.807, 2.05) is 0 Å². The molecule has 35 atom stereocenters. The highest BCUT2D eigenvalue weighted by atomic mass is 16.8. The topological polar surface area (TPSA) is 600 Å². The summed E-state index contributed by atoms with van der Waals surface area (Å²) in [4.78, 5) is 24.7. The third-order valence-electron chi connectivity index (χ3n) is 15.7. The average molecular weight is 1230 g/mol. The van der Waals surface area contributed by atoms with Crippen molar-refractivity contribution >= 4 is 11.9 Å². The smallest absolute Gasteiger partial charge is 0.303 e. The normalized spacial score (nSPS) is 51.6. The first-order valence-electron chi connectivity index (χ1n) is 26.7. The van der Waals surface area contributed by atoms with Crippen molar-refractivity contribution < 1.29 is 183 Å². The Kier molecular flexibility index (Phi) is 23.3. The lowest BCUT2D eigenvalue weighted by molar-refractivity contribution is -0.396. The van der Waals surface area contributed by atoms with Crippen LogP contribution in [0.1, 0.15) is 12.8 Å². The number of nitrogens with one attached hydrogen (secondary N) is 1. The fourth-order valence-corrected chi connectivity index (χ4v) is 11.1. The standard InChI is InChI=1S/C46H75NO37/c48-3-10-33-19(47-17(55)1-2-18(56)57)20(58)40(71-10)79-34-11(4-49)73-42(28(66)22(34)60)81-36-13(6-51)75-44(30(68)24(36)62)83-38-15(8-53)77-46(32(70)26(38)64)84-39-16(9-54)76-45(31(69)25(39)63)82-37-14(7-52)74-43(29(67)23(37)61)80-35-12(5-50)72-41(78-33)27(65)21(35)59/h10-16,19-46,48-54,58-70H,1-9H2,(H,47,55)(H,56,57)/t10-,11-,12-,13-,14-,15-,16-,19-,20-,21-,22-,23-,24-,25-,26-,27-,28-,29-,30-,31-,32-,33-,34-,35-,36-,37-,38-,39-,40-,41-,42-,43-,44-,45-,46-/m1/s1. The van der Waals surface area contributed by atoms with E-state index in [-0.39, 0.29) is 0 Å². The summed E-state index contributed by atoms with van der Waals surface area (Å²) < 4.78 is 80.4. The molecule has 21 aliphatic heterocycles. The molecule has 0 saturated carbocycles. The van der Waals surface area contributed by atoms with Gasteiger partial charge in [-0.2, -0.15) is 0 Å². The maximum atomic E-state index is 13.2. The lowest BCUT2D eigenvalue weighted by Crippen LogP contribution is -2.70. The van der Waals surface area contributed by atoms with Crippen LogP contribution in [0.5, 0.6) is 0 Å². The molecule has 21 fully saturated rings. The van der Waals surface area contributed by atoms with Gasteiger partial charge in [-0.1, -0.05) is 0 Å². The third-order valence-corrected chi connectivity index (χ3v) is 15.7. The fraction of sp³-hybridized carbons (Fsp3) is 0.957. The number of carboxylic acids is 1.